The number of ketones is 1. The number of aromatic nitrogens is 1. The molecule has 7 heteroatoms. The van der Waals surface area contributed by atoms with Gasteiger partial charge in [0.2, 0.25) is 0 Å². The molecule has 1 aliphatic heterocycles. The summed E-state index contributed by atoms with van der Waals surface area (Å²) in [7, 11) is 1.56. The molecule has 0 radical (unpaired) electrons. The molecule has 0 spiro atoms. The highest BCUT2D eigenvalue weighted by molar-refractivity contribution is 7.22. The predicted octanol–water partition coefficient (Wildman–Crippen LogP) is 6.54. The van der Waals surface area contributed by atoms with Gasteiger partial charge in [-0.25, -0.2) is 4.98 Å². The zero-order chi connectivity index (χ0) is 26.5. The van der Waals surface area contributed by atoms with Crippen LogP contribution in [0.3, 0.4) is 0 Å². The van der Waals surface area contributed by atoms with Gasteiger partial charge in [0, 0.05) is 5.56 Å². The molecule has 0 aliphatic carbocycles. The highest BCUT2D eigenvalue weighted by Gasteiger charge is 2.48. The number of hydrogen-bond donors (Lipinski definition) is 1. The molecule has 37 heavy (non-hydrogen) atoms. The summed E-state index contributed by atoms with van der Waals surface area (Å²) in [4.78, 5) is 33.0. The Labute approximate surface area is 219 Å². The number of fused-ring (bicyclic) bond motifs is 1. The molecule has 1 aliphatic rings. The Kier molecular flexibility index (Phi) is 6.12. The summed E-state index contributed by atoms with van der Waals surface area (Å²) in [5, 5.41) is 11.8. The first-order valence-electron chi connectivity index (χ1n) is 12.0. The molecule has 0 unspecified atom stereocenters. The largest absolute Gasteiger partial charge is 0.507 e. The van der Waals surface area contributed by atoms with Crippen LogP contribution >= 0.6 is 11.3 Å². The first-order valence-corrected chi connectivity index (χ1v) is 12.8. The number of ether oxygens (including phenoxy) is 1. The number of nitrogens with zero attached hydrogens (tertiary/aromatic N) is 2. The van der Waals surface area contributed by atoms with Crippen molar-refractivity contribution in [2.45, 2.75) is 39.2 Å². The van der Waals surface area contributed by atoms with E-state index in [2.05, 4.69) is 20.8 Å². The second-order valence-corrected chi connectivity index (χ2v) is 11.2. The summed E-state index contributed by atoms with van der Waals surface area (Å²) in [6, 6.07) is 19.7. The van der Waals surface area contributed by atoms with Gasteiger partial charge < -0.3 is 9.84 Å². The van der Waals surface area contributed by atoms with Crippen molar-refractivity contribution >= 4 is 44.1 Å². The number of methoxy groups -OCH3 is 1. The van der Waals surface area contributed by atoms with Crippen LogP contribution in [0.5, 0.6) is 5.75 Å². The van der Waals surface area contributed by atoms with Crippen LogP contribution in [0.2, 0.25) is 0 Å². The molecule has 4 aromatic rings. The van der Waals surface area contributed by atoms with Crippen LogP contribution < -0.4 is 9.64 Å². The minimum absolute atomic E-state index is 0.0362. The van der Waals surface area contributed by atoms with Gasteiger partial charge in [0.25, 0.3) is 5.78 Å². The van der Waals surface area contributed by atoms with E-state index in [1.165, 1.54) is 16.2 Å². The third-order valence-corrected chi connectivity index (χ3v) is 7.66. The van der Waals surface area contributed by atoms with E-state index in [1.54, 1.807) is 31.4 Å². The molecule has 3 aromatic carbocycles. The minimum Gasteiger partial charge on any atom is -0.507 e. The molecule has 5 rings (SSSR count). The number of thiazole rings is 1. The van der Waals surface area contributed by atoms with Gasteiger partial charge in [0.1, 0.15) is 11.5 Å². The number of rotatable bonds is 4. The number of carbonyl (C=O) groups is 2. The quantitative estimate of drug-likeness (QED) is 0.191. The summed E-state index contributed by atoms with van der Waals surface area (Å²) < 4.78 is 6.14. The summed E-state index contributed by atoms with van der Waals surface area (Å²) in [6.07, 6.45) is 0. The average molecular weight is 513 g/mol. The van der Waals surface area contributed by atoms with Crippen molar-refractivity contribution in [3.05, 3.63) is 94.6 Å². The van der Waals surface area contributed by atoms with E-state index in [0.29, 0.717) is 16.4 Å². The van der Waals surface area contributed by atoms with Crippen molar-refractivity contribution in [2.24, 2.45) is 0 Å². The summed E-state index contributed by atoms with van der Waals surface area (Å²) in [5.74, 6) is -1.06. The van der Waals surface area contributed by atoms with Gasteiger partial charge in [-0.1, -0.05) is 62.4 Å². The highest BCUT2D eigenvalue weighted by atomic mass is 32.1. The normalized spacial score (nSPS) is 17.5. The lowest BCUT2D eigenvalue weighted by atomic mass is 9.85. The first-order chi connectivity index (χ1) is 17.6. The molecule has 1 N–H and O–H groups in total. The van der Waals surface area contributed by atoms with Crippen molar-refractivity contribution in [1.29, 1.82) is 0 Å². The Bertz CT molecular complexity index is 1540. The number of carbonyl (C=O) groups excluding carboxylic acids is 2. The van der Waals surface area contributed by atoms with Gasteiger partial charge in [-0.05, 0) is 65.4 Å². The maximum absolute atomic E-state index is 13.5. The second kappa shape index (κ2) is 9.16. The second-order valence-electron chi connectivity index (χ2n) is 10.2. The molecule has 1 amide bonds. The molecule has 0 bridgehead atoms. The van der Waals surface area contributed by atoms with Crippen molar-refractivity contribution < 1.29 is 19.4 Å². The molecule has 1 fully saturated rings. The molecule has 1 aromatic heterocycles. The third-order valence-electron chi connectivity index (χ3n) is 6.64. The topological polar surface area (TPSA) is 79.7 Å². The fraction of sp³-hybridized carbons (Fsp3) is 0.233. The number of aryl methyl sites for hydroxylation is 1. The lowest BCUT2D eigenvalue weighted by Crippen LogP contribution is -2.29. The smallest absolute Gasteiger partial charge is 0.301 e. The standard InChI is InChI=1S/C30H28N2O4S/c1-17-6-15-22-23(16-17)37-29(31-22)32-25(18-7-11-20(12-8-18)30(2,3)4)24(27(34)28(32)35)26(33)19-9-13-21(36-5)14-10-19/h6-16,25,33H,1-5H3/b26-24+/t25-/m1/s1. The first kappa shape index (κ1) is 24.7. The van der Waals surface area contributed by atoms with E-state index in [9.17, 15) is 14.7 Å². The maximum Gasteiger partial charge on any atom is 0.301 e. The Balaban J connectivity index is 1.70. The van der Waals surface area contributed by atoms with E-state index in [0.717, 1.165) is 26.9 Å². The van der Waals surface area contributed by atoms with Crippen molar-refractivity contribution in [3.8, 4) is 5.75 Å². The molecule has 1 atom stereocenters. The predicted molar refractivity (Wildman–Crippen MR) is 147 cm³/mol. The number of Topliss-reactive ketones (excluding diaryl/α,β-unsaturated/α-hetero) is 1. The number of aliphatic hydroxyl groups is 1. The number of amides is 1. The summed E-state index contributed by atoms with van der Waals surface area (Å²) >= 11 is 1.36. The Hall–Kier alpha value is -3.97. The van der Waals surface area contributed by atoms with Crippen molar-refractivity contribution in [2.75, 3.05) is 12.0 Å². The lowest BCUT2D eigenvalue weighted by molar-refractivity contribution is -0.132. The van der Waals surface area contributed by atoms with Crippen LogP contribution in [0.25, 0.3) is 16.0 Å². The number of anilines is 1. The van der Waals surface area contributed by atoms with Crippen molar-refractivity contribution in [3.63, 3.8) is 0 Å². The van der Waals surface area contributed by atoms with Crippen LogP contribution in [0.1, 0.15) is 49.1 Å². The zero-order valence-corrected chi connectivity index (χ0v) is 22.2. The van der Waals surface area contributed by atoms with Gasteiger partial charge in [-0.15, -0.1) is 0 Å². The van der Waals surface area contributed by atoms with Crippen LogP contribution in [0.15, 0.2) is 72.3 Å². The van der Waals surface area contributed by atoms with E-state index >= 15 is 0 Å². The van der Waals surface area contributed by atoms with Crippen LogP contribution in [-0.4, -0.2) is 28.9 Å². The molecule has 1 saturated heterocycles. The van der Waals surface area contributed by atoms with Gasteiger partial charge in [-0.3, -0.25) is 14.5 Å². The minimum atomic E-state index is -0.822. The molecule has 0 saturated carbocycles. The monoisotopic (exact) mass is 512 g/mol. The van der Waals surface area contributed by atoms with Crippen LogP contribution in [-0.2, 0) is 15.0 Å². The molecule has 2 heterocycles. The van der Waals surface area contributed by atoms with Gasteiger partial charge in [0.15, 0.2) is 5.13 Å². The molecule has 188 valence electrons. The van der Waals surface area contributed by atoms with E-state index in [-0.39, 0.29) is 16.7 Å². The number of aliphatic hydroxyl groups excluding tert-OH is 1. The number of hydrogen-bond acceptors (Lipinski definition) is 6. The molecular weight excluding hydrogens is 484 g/mol. The van der Waals surface area contributed by atoms with Gasteiger partial charge in [-0.2, -0.15) is 0 Å². The molecular formula is C30H28N2O4S. The fourth-order valence-electron chi connectivity index (χ4n) is 4.54. The fourth-order valence-corrected chi connectivity index (χ4v) is 5.63. The van der Waals surface area contributed by atoms with Gasteiger partial charge in [0.05, 0.1) is 28.9 Å². The summed E-state index contributed by atoms with van der Waals surface area (Å²) in [6.45, 7) is 8.37. The lowest BCUT2D eigenvalue weighted by Gasteiger charge is -2.24. The Morgan fingerprint density at radius 2 is 1.68 bits per heavy atom. The van der Waals surface area contributed by atoms with E-state index < -0.39 is 17.7 Å². The highest BCUT2D eigenvalue weighted by Crippen LogP contribution is 2.44. The third kappa shape index (κ3) is 4.40. The zero-order valence-electron chi connectivity index (χ0n) is 21.4. The van der Waals surface area contributed by atoms with E-state index in [4.69, 9.17) is 9.72 Å². The Morgan fingerprint density at radius 3 is 2.30 bits per heavy atom. The van der Waals surface area contributed by atoms with Crippen molar-refractivity contribution in [1.82, 2.24) is 4.98 Å². The summed E-state index contributed by atoms with van der Waals surface area (Å²) in [5.41, 5.74) is 4.08. The maximum atomic E-state index is 13.5. The van der Waals surface area contributed by atoms with Gasteiger partial charge >= 0.3 is 5.91 Å². The Morgan fingerprint density at radius 1 is 1.00 bits per heavy atom. The van der Waals surface area contributed by atoms with Crippen LogP contribution in [0, 0.1) is 6.92 Å². The molecule has 6 nitrogen and oxygen atoms in total. The number of benzene rings is 3. The SMILES string of the molecule is COc1ccc(/C(O)=C2\C(=O)C(=O)N(c3nc4ccc(C)cc4s3)[C@@H]2c2ccc(C(C)(C)C)cc2)cc1. The van der Waals surface area contributed by atoms with Crippen LogP contribution in [0.4, 0.5) is 5.13 Å². The average Bonchev–Trinajstić information content (AvgIpc) is 3.40. The van der Waals surface area contributed by atoms with E-state index in [1.807, 2.05) is 49.4 Å².